The van der Waals surface area contributed by atoms with Gasteiger partial charge in [0.2, 0.25) is 0 Å². The lowest BCUT2D eigenvalue weighted by atomic mass is 10.1. The summed E-state index contributed by atoms with van der Waals surface area (Å²) in [4.78, 5) is 33.9. The predicted molar refractivity (Wildman–Crippen MR) is 143 cm³/mol. The first kappa shape index (κ1) is 25.7. The summed E-state index contributed by atoms with van der Waals surface area (Å²) in [6.45, 7) is 3.58. The SMILES string of the molecule is Cc1cn(-c2cc(C(=O)Nc3ccc(C)c(Nc4ccc5ncn(C)c(=O)c5c4)c3)cc(C(F)(F)F)c2)cn1. The maximum atomic E-state index is 13.6. The van der Waals surface area contributed by atoms with Gasteiger partial charge in [0.1, 0.15) is 0 Å². The summed E-state index contributed by atoms with van der Waals surface area (Å²) >= 11 is 0. The highest BCUT2D eigenvalue weighted by molar-refractivity contribution is 6.05. The molecule has 0 bridgehead atoms. The minimum absolute atomic E-state index is 0.154. The highest BCUT2D eigenvalue weighted by Crippen LogP contribution is 2.32. The maximum absolute atomic E-state index is 13.6. The van der Waals surface area contributed by atoms with Gasteiger partial charge in [0.25, 0.3) is 11.5 Å². The Morgan fingerprint density at radius 1 is 0.923 bits per heavy atom. The molecule has 0 fully saturated rings. The Balaban J connectivity index is 1.44. The van der Waals surface area contributed by atoms with E-state index < -0.39 is 17.6 Å². The molecule has 0 atom stereocenters. The van der Waals surface area contributed by atoms with Crippen LogP contribution in [0.5, 0.6) is 0 Å². The first-order valence-corrected chi connectivity index (χ1v) is 11.9. The zero-order chi connectivity index (χ0) is 27.9. The maximum Gasteiger partial charge on any atom is 0.416 e. The molecule has 3 aromatic carbocycles. The van der Waals surface area contributed by atoms with Crippen LogP contribution in [0.1, 0.15) is 27.2 Å². The summed E-state index contributed by atoms with van der Waals surface area (Å²) in [5.41, 5.74) is 2.58. The lowest BCUT2D eigenvalue weighted by Crippen LogP contribution is -2.16. The van der Waals surface area contributed by atoms with Crippen molar-refractivity contribution in [2.75, 3.05) is 10.6 Å². The van der Waals surface area contributed by atoms with Crippen molar-refractivity contribution in [2.24, 2.45) is 7.05 Å². The molecule has 2 aromatic heterocycles. The van der Waals surface area contributed by atoms with E-state index in [4.69, 9.17) is 0 Å². The van der Waals surface area contributed by atoms with Gasteiger partial charge < -0.3 is 19.8 Å². The molecule has 0 radical (unpaired) electrons. The van der Waals surface area contributed by atoms with Crippen molar-refractivity contribution in [1.29, 1.82) is 0 Å². The number of alkyl halides is 3. The van der Waals surface area contributed by atoms with Gasteiger partial charge in [-0.15, -0.1) is 0 Å². The molecule has 198 valence electrons. The zero-order valence-corrected chi connectivity index (χ0v) is 21.2. The van der Waals surface area contributed by atoms with E-state index in [-0.39, 0.29) is 16.8 Å². The Hall–Kier alpha value is -4.93. The monoisotopic (exact) mass is 532 g/mol. The van der Waals surface area contributed by atoms with E-state index in [1.165, 1.54) is 27.9 Å². The third-order valence-electron chi connectivity index (χ3n) is 6.21. The minimum Gasteiger partial charge on any atom is -0.355 e. The number of rotatable bonds is 5. The van der Waals surface area contributed by atoms with Crippen LogP contribution in [0.25, 0.3) is 16.6 Å². The number of benzene rings is 3. The quantitative estimate of drug-likeness (QED) is 0.301. The summed E-state index contributed by atoms with van der Waals surface area (Å²) in [6.07, 6.45) is -0.216. The molecule has 11 heteroatoms. The molecular weight excluding hydrogens is 509 g/mol. The summed E-state index contributed by atoms with van der Waals surface area (Å²) in [7, 11) is 1.62. The summed E-state index contributed by atoms with van der Waals surface area (Å²) in [5.74, 6) is -0.700. The fourth-order valence-electron chi connectivity index (χ4n) is 4.10. The molecule has 0 aliphatic heterocycles. The van der Waals surface area contributed by atoms with Gasteiger partial charge in [0, 0.05) is 41.6 Å². The lowest BCUT2D eigenvalue weighted by Gasteiger charge is -2.15. The number of nitrogens with one attached hydrogen (secondary N) is 2. The lowest BCUT2D eigenvalue weighted by molar-refractivity contribution is -0.137. The number of nitrogens with zero attached hydrogens (tertiary/aromatic N) is 4. The van der Waals surface area contributed by atoms with Crippen LogP contribution in [0.4, 0.5) is 30.2 Å². The van der Waals surface area contributed by atoms with Gasteiger partial charge in [0.05, 0.1) is 34.8 Å². The molecule has 0 saturated heterocycles. The summed E-state index contributed by atoms with van der Waals surface area (Å²) < 4.78 is 43.7. The molecule has 39 heavy (non-hydrogen) atoms. The van der Waals surface area contributed by atoms with Crippen LogP contribution in [0.3, 0.4) is 0 Å². The molecule has 0 saturated carbocycles. The Morgan fingerprint density at radius 2 is 1.69 bits per heavy atom. The average molecular weight is 533 g/mol. The topological polar surface area (TPSA) is 93.8 Å². The molecule has 1 amide bonds. The van der Waals surface area contributed by atoms with Gasteiger partial charge in [0.15, 0.2) is 0 Å². The van der Waals surface area contributed by atoms with Crippen molar-refractivity contribution in [3.05, 3.63) is 106 Å². The molecule has 8 nitrogen and oxygen atoms in total. The Kier molecular flexibility index (Phi) is 6.43. The van der Waals surface area contributed by atoms with Gasteiger partial charge in [-0.1, -0.05) is 6.07 Å². The fraction of sp³-hybridized carbons (Fsp3) is 0.143. The van der Waals surface area contributed by atoms with Crippen molar-refractivity contribution < 1.29 is 18.0 Å². The van der Waals surface area contributed by atoms with Crippen molar-refractivity contribution in [3.8, 4) is 5.69 Å². The van der Waals surface area contributed by atoms with Crippen LogP contribution in [-0.4, -0.2) is 25.0 Å². The Morgan fingerprint density at radius 3 is 2.41 bits per heavy atom. The average Bonchev–Trinajstić information content (AvgIpc) is 3.34. The fourth-order valence-corrected chi connectivity index (χ4v) is 4.10. The van der Waals surface area contributed by atoms with Crippen LogP contribution in [-0.2, 0) is 13.2 Å². The number of amides is 1. The Labute approximate surface area is 220 Å². The van der Waals surface area contributed by atoms with Crippen LogP contribution < -0.4 is 16.2 Å². The van der Waals surface area contributed by atoms with Gasteiger partial charge in [-0.3, -0.25) is 9.59 Å². The van der Waals surface area contributed by atoms with E-state index in [0.717, 1.165) is 17.7 Å². The van der Waals surface area contributed by atoms with E-state index in [1.807, 2.05) is 6.92 Å². The highest BCUT2D eigenvalue weighted by Gasteiger charge is 2.32. The van der Waals surface area contributed by atoms with Crippen molar-refractivity contribution >= 4 is 33.9 Å². The second-order valence-corrected chi connectivity index (χ2v) is 9.19. The third-order valence-corrected chi connectivity index (χ3v) is 6.21. The molecular formula is C28H23F3N6O2. The second-order valence-electron chi connectivity index (χ2n) is 9.19. The zero-order valence-electron chi connectivity index (χ0n) is 21.2. The summed E-state index contributed by atoms with van der Waals surface area (Å²) in [6, 6.07) is 13.5. The number of aryl methyl sites for hydroxylation is 3. The number of aromatic nitrogens is 4. The molecule has 0 unspecified atom stereocenters. The molecule has 5 aromatic rings. The molecule has 0 aliphatic carbocycles. The van der Waals surface area contributed by atoms with Gasteiger partial charge in [-0.2, -0.15) is 13.2 Å². The van der Waals surface area contributed by atoms with E-state index in [1.54, 1.807) is 56.6 Å². The van der Waals surface area contributed by atoms with Crippen LogP contribution in [0, 0.1) is 13.8 Å². The Bertz CT molecular complexity index is 1790. The predicted octanol–water partition coefficient (Wildman–Crippen LogP) is 5.75. The number of hydrogen-bond acceptors (Lipinski definition) is 5. The first-order valence-electron chi connectivity index (χ1n) is 11.9. The third kappa shape index (κ3) is 5.37. The van der Waals surface area contributed by atoms with Gasteiger partial charge in [-0.25, -0.2) is 9.97 Å². The second kappa shape index (κ2) is 9.75. The van der Waals surface area contributed by atoms with Gasteiger partial charge >= 0.3 is 6.18 Å². The van der Waals surface area contributed by atoms with Crippen molar-refractivity contribution in [1.82, 2.24) is 19.1 Å². The molecule has 0 aliphatic rings. The van der Waals surface area contributed by atoms with Crippen LogP contribution >= 0.6 is 0 Å². The van der Waals surface area contributed by atoms with Crippen LogP contribution in [0.2, 0.25) is 0 Å². The number of anilines is 3. The van der Waals surface area contributed by atoms with Gasteiger partial charge in [-0.05, 0) is 67.9 Å². The number of hydrogen-bond donors (Lipinski definition) is 2. The number of carbonyl (C=O) groups is 1. The molecule has 2 N–H and O–H groups in total. The van der Waals surface area contributed by atoms with E-state index in [9.17, 15) is 22.8 Å². The minimum atomic E-state index is -4.64. The number of fused-ring (bicyclic) bond motifs is 1. The van der Waals surface area contributed by atoms with Crippen LogP contribution in [0.15, 0.2) is 78.2 Å². The number of imidazole rings is 1. The smallest absolute Gasteiger partial charge is 0.355 e. The number of halogens is 3. The van der Waals surface area contributed by atoms with Crippen molar-refractivity contribution in [2.45, 2.75) is 20.0 Å². The van der Waals surface area contributed by atoms with E-state index >= 15 is 0 Å². The number of carbonyl (C=O) groups excluding carboxylic acids is 1. The normalized spacial score (nSPS) is 11.5. The molecule has 0 spiro atoms. The highest BCUT2D eigenvalue weighted by atomic mass is 19.4. The van der Waals surface area contributed by atoms with E-state index in [2.05, 4.69) is 20.6 Å². The largest absolute Gasteiger partial charge is 0.416 e. The standard InChI is InChI=1S/C28H23F3N6O2/c1-16-4-5-21(12-25(16)34-20-6-7-24-23(11-20)27(39)36(3)14-33-24)35-26(38)18-8-19(28(29,30)31)10-22(9-18)37-13-17(2)32-15-37/h4-15,34H,1-3H3,(H,35,38). The first-order chi connectivity index (χ1) is 18.5. The molecule has 5 rings (SSSR count). The van der Waals surface area contributed by atoms with Crippen molar-refractivity contribution in [3.63, 3.8) is 0 Å². The summed E-state index contributed by atoms with van der Waals surface area (Å²) in [5, 5.41) is 6.37. The van der Waals surface area contributed by atoms with E-state index in [0.29, 0.717) is 33.7 Å². The molecule has 2 heterocycles.